The minimum atomic E-state index is 0.237. The van der Waals surface area contributed by atoms with Crippen LogP contribution in [-0.2, 0) is 4.74 Å². The molecule has 2 fully saturated rings. The molecular formula is C18H23NO. The molecule has 1 atom stereocenters. The van der Waals surface area contributed by atoms with Crippen molar-refractivity contribution in [2.75, 3.05) is 26.3 Å². The molecule has 1 aromatic carbocycles. The van der Waals surface area contributed by atoms with E-state index in [4.69, 9.17) is 4.74 Å². The van der Waals surface area contributed by atoms with Crippen molar-refractivity contribution in [2.45, 2.75) is 31.7 Å². The van der Waals surface area contributed by atoms with E-state index >= 15 is 0 Å². The summed E-state index contributed by atoms with van der Waals surface area (Å²) >= 11 is 0. The number of morpholine rings is 1. The predicted molar refractivity (Wildman–Crippen MR) is 81.3 cm³/mol. The van der Waals surface area contributed by atoms with Crippen molar-refractivity contribution >= 4 is 0 Å². The van der Waals surface area contributed by atoms with Gasteiger partial charge >= 0.3 is 0 Å². The van der Waals surface area contributed by atoms with Crippen LogP contribution in [0.2, 0.25) is 0 Å². The van der Waals surface area contributed by atoms with Crippen LogP contribution in [0.5, 0.6) is 0 Å². The summed E-state index contributed by atoms with van der Waals surface area (Å²) in [5.74, 6) is 7.74. The molecular weight excluding hydrogens is 246 g/mol. The number of hydrogen-bond acceptors (Lipinski definition) is 2. The molecule has 1 heterocycles. The van der Waals surface area contributed by atoms with Gasteiger partial charge in [0.2, 0.25) is 0 Å². The molecule has 0 spiro atoms. The highest BCUT2D eigenvalue weighted by Gasteiger charge is 2.21. The lowest BCUT2D eigenvalue weighted by atomic mass is 10.0. The zero-order valence-corrected chi connectivity index (χ0v) is 12.1. The van der Waals surface area contributed by atoms with Crippen molar-refractivity contribution in [3.05, 3.63) is 35.9 Å². The summed E-state index contributed by atoms with van der Waals surface area (Å²) in [7, 11) is 0. The van der Waals surface area contributed by atoms with Gasteiger partial charge in [-0.15, -0.1) is 0 Å². The molecule has 1 aromatic rings. The van der Waals surface area contributed by atoms with Gasteiger partial charge in [0.05, 0.1) is 19.3 Å². The Morgan fingerprint density at radius 1 is 1.05 bits per heavy atom. The van der Waals surface area contributed by atoms with Crippen molar-refractivity contribution < 1.29 is 4.74 Å². The molecule has 1 unspecified atom stereocenters. The molecule has 0 aromatic heterocycles. The summed E-state index contributed by atoms with van der Waals surface area (Å²) in [6, 6.07) is 10.9. The Balaban J connectivity index is 1.78. The summed E-state index contributed by atoms with van der Waals surface area (Å²) in [6.45, 7) is 3.63. The fourth-order valence-corrected chi connectivity index (χ4v) is 3.12. The van der Waals surface area contributed by atoms with E-state index in [1.54, 1.807) is 0 Å². The molecule has 1 saturated heterocycles. The summed E-state index contributed by atoms with van der Waals surface area (Å²) in [4.78, 5) is 2.46. The molecule has 0 amide bonds. The molecule has 2 nitrogen and oxygen atoms in total. The van der Waals surface area contributed by atoms with E-state index in [1.165, 1.54) is 31.2 Å². The van der Waals surface area contributed by atoms with Crippen LogP contribution in [0.15, 0.2) is 30.3 Å². The first-order valence-electron chi connectivity index (χ1n) is 7.81. The molecule has 1 aliphatic carbocycles. The molecule has 20 heavy (non-hydrogen) atoms. The van der Waals surface area contributed by atoms with Gasteiger partial charge in [-0.1, -0.05) is 55.0 Å². The van der Waals surface area contributed by atoms with Crippen LogP contribution in [-0.4, -0.2) is 31.2 Å². The lowest BCUT2D eigenvalue weighted by Gasteiger charge is -2.31. The number of hydrogen-bond donors (Lipinski definition) is 0. The quantitative estimate of drug-likeness (QED) is 0.764. The van der Waals surface area contributed by atoms with Crippen molar-refractivity contribution in [1.29, 1.82) is 0 Å². The van der Waals surface area contributed by atoms with E-state index in [0.717, 1.165) is 26.3 Å². The predicted octanol–water partition coefficient (Wildman–Crippen LogP) is 3.25. The molecule has 106 valence electrons. The minimum Gasteiger partial charge on any atom is -0.379 e. The van der Waals surface area contributed by atoms with E-state index in [9.17, 15) is 0 Å². The van der Waals surface area contributed by atoms with E-state index in [1.807, 2.05) is 0 Å². The first-order valence-corrected chi connectivity index (χ1v) is 7.81. The van der Waals surface area contributed by atoms with Gasteiger partial charge in [0.25, 0.3) is 0 Å². The summed E-state index contributed by atoms with van der Waals surface area (Å²) < 4.78 is 5.47. The van der Waals surface area contributed by atoms with Crippen LogP contribution in [0.4, 0.5) is 0 Å². The third-order valence-corrected chi connectivity index (χ3v) is 4.31. The van der Waals surface area contributed by atoms with Crippen LogP contribution in [0, 0.1) is 17.8 Å². The molecule has 1 saturated carbocycles. The highest BCUT2D eigenvalue weighted by atomic mass is 16.5. The summed E-state index contributed by atoms with van der Waals surface area (Å²) in [5, 5.41) is 0. The average Bonchev–Trinajstić information content (AvgIpc) is 3.03. The van der Waals surface area contributed by atoms with Crippen molar-refractivity contribution in [2.24, 2.45) is 5.92 Å². The second kappa shape index (κ2) is 6.92. The average molecular weight is 269 g/mol. The monoisotopic (exact) mass is 269 g/mol. The Kier molecular flexibility index (Phi) is 4.73. The maximum absolute atomic E-state index is 5.47. The van der Waals surface area contributed by atoms with Gasteiger partial charge in [0.15, 0.2) is 0 Å². The fraction of sp³-hybridized carbons (Fsp3) is 0.556. The molecule has 0 bridgehead atoms. The van der Waals surface area contributed by atoms with Crippen LogP contribution in [0.3, 0.4) is 0 Å². The minimum absolute atomic E-state index is 0.237. The van der Waals surface area contributed by atoms with E-state index in [-0.39, 0.29) is 6.04 Å². The van der Waals surface area contributed by atoms with Crippen LogP contribution in [0.1, 0.15) is 37.3 Å². The number of ether oxygens (including phenoxy) is 1. The largest absolute Gasteiger partial charge is 0.379 e. The fourth-order valence-electron chi connectivity index (χ4n) is 3.12. The highest BCUT2D eigenvalue weighted by Crippen LogP contribution is 2.25. The van der Waals surface area contributed by atoms with Gasteiger partial charge in [-0.3, -0.25) is 4.90 Å². The van der Waals surface area contributed by atoms with Crippen LogP contribution >= 0.6 is 0 Å². The SMILES string of the molecule is C(#CC(c1ccccc1)N1CCOCC1)C1CCCC1. The first-order chi connectivity index (χ1) is 9.93. The molecule has 0 N–H and O–H groups in total. The highest BCUT2D eigenvalue weighted by molar-refractivity contribution is 5.28. The van der Waals surface area contributed by atoms with Crippen LogP contribution in [0.25, 0.3) is 0 Å². The zero-order valence-electron chi connectivity index (χ0n) is 12.1. The standard InChI is InChI=1S/C18H23NO/c1-2-8-17(9-3-1)18(19-12-14-20-15-13-19)11-10-16-6-4-5-7-16/h1-3,8-9,16,18H,4-7,12-15H2. The third kappa shape index (κ3) is 3.42. The summed E-state index contributed by atoms with van der Waals surface area (Å²) in [5.41, 5.74) is 1.32. The lowest BCUT2D eigenvalue weighted by Crippen LogP contribution is -2.38. The van der Waals surface area contributed by atoms with Gasteiger partial charge in [0, 0.05) is 19.0 Å². The first kappa shape index (κ1) is 13.7. The van der Waals surface area contributed by atoms with E-state index in [0.29, 0.717) is 5.92 Å². The van der Waals surface area contributed by atoms with Crippen LogP contribution < -0.4 is 0 Å². The third-order valence-electron chi connectivity index (χ3n) is 4.31. The van der Waals surface area contributed by atoms with Crippen molar-refractivity contribution in [3.8, 4) is 11.8 Å². The number of nitrogens with zero attached hydrogens (tertiary/aromatic N) is 1. The Hall–Kier alpha value is -1.30. The normalized spacial score (nSPS) is 22.2. The Morgan fingerprint density at radius 2 is 1.75 bits per heavy atom. The smallest absolute Gasteiger partial charge is 0.0972 e. The second-order valence-electron chi connectivity index (χ2n) is 5.73. The Morgan fingerprint density at radius 3 is 2.45 bits per heavy atom. The lowest BCUT2D eigenvalue weighted by molar-refractivity contribution is 0.0269. The zero-order chi connectivity index (χ0) is 13.6. The Bertz CT molecular complexity index is 461. The van der Waals surface area contributed by atoms with Gasteiger partial charge in [-0.2, -0.15) is 0 Å². The van der Waals surface area contributed by atoms with Crippen molar-refractivity contribution in [1.82, 2.24) is 4.90 Å². The topological polar surface area (TPSA) is 12.5 Å². The van der Waals surface area contributed by atoms with Gasteiger partial charge in [0.1, 0.15) is 0 Å². The Labute approximate surface area is 122 Å². The van der Waals surface area contributed by atoms with Gasteiger partial charge in [-0.05, 0) is 18.4 Å². The van der Waals surface area contributed by atoms with Gasteiger partial charge < -0.3 is 4.74 Å². The molecule has 1 aliphatic heterocycles. The second-order valence-corrected chi connectivity index (χ2v) is 5.73. The number of benzene rings is 1. The van der Waals surface area contributed by atoms with E-state index < -0.39 is 0 Å². The molecule has 0 radical (unpaired) electrons. The van der Waals surface area contributed by atoms with E-state index in [2.05, 4.69) is 47.1 Å². The number of rotatable bonds is 2. The van der Waals surface area contributed by atoms with Gasteiger partial charge in [-0.25, -0.2) is 0 Å². The summed E-state index contributed by atoms with van der Waals surface area (Å²) in [6.07, 6.45) is 5.29. The maximum Gasteiger partial charge on any atom is 0.0972 e. The molecule has 2 aliphatic rings. The maximum atomic E-state index is 5.47. The molecule has 3 rings (SSSR count). The van der Waals surface area contributed by atoms with Crippen molar-refractivity contribution in [3.63, 3.8) is 0 Å². The molecule has 2 heteroatoms.